The lowest BCUT2D eigenvalue weighted by Crippen LogP contribution is -2.31. The molecule has 0 aliphatic carbocycles. The van der Waals surface area contributed by atoms with E-state index in [0.717, 1.165) is 11.3 Å². The van der Waals surface area contributed by atoms with Gasteiger partial charge >= 0.3 is 0 Å². The van der Waals surface area contributed by atoms with Gasteiger partial charge < -0.3 is 14.6 Å². The largest absolute Gasteiger partial charge is 0.492 e. The average molecular weight is 391 g/mol. The van der Waals surface area contributed by atoms with Crippen LogP contribution in [0.25, 0.3) is 11.0 Å². The molecule has 1 heterocycles. The number of para-hydroxylation sites is 2. The van der Waals surface area contributed by atoms with Crippen molar-refractivity contribution in [1.29, 1.82) is 0 Å². The Hall–Kier alpha value is -2.61. The van der Waals surface area contributed by atoms with Crippen molar-refractivity contribution in [2.45, 2.75) is 24.4 Å². The van der Waals surface area contributed by atoms with E-state index >= 15 is 0 Å². The fourth-order valence-corrected chi connectivity index (χ4v) is 3.17. The van der Waals surface area contributed by atoms with E-state index < -0.39 is 5.76 Å². The van der Waals surface area contributed by atoms with Gasteiger partial charge in [-0.3, -0.25) is 4.79 Å². The molecule has 0 aliphatic heterocycles. The minimum Gasteiger partial charge on any atom is -0.492 e. The summed E-state index contributed by atoms with van der Waals surface area (Å²) in [6, 6.07) is 14.7. The number of aromatic nitrogens is 2. The van der Waals surface area contributed by atoms with Gasteiger partial charge in [0.25, 0.3) is 5.76 Å². The quantitative estimate of drug-likeness (QED) is 0.468. The van der Waals surface area contributed by atoms with Gasteiger partial charge in [0, 0.05) is 0 Å². The second kappa shape index (κ2) is 8.85. The number of carbonyl (C=O) groups excluding carboxylic acids is 1. The number of nitrogens with one attached hydrogen (secondary N) is 1. The Bertz CT molecular complexity index is 913. The number of amides is 1. The predicted molar refractivity (Wildman–Crippen MR) is 101 cm³/mol. The standard InChI is InChI=1S/C19H19F2N3O2S/c1-13-6-8-14(9-7-13)26-11-10-22-17(25)12-24-16-5-3-2-4-15(16)23-19(24)27-18(20)21/h2-9,18H,10-12H2,1H3,(H,22,25). The molecule has 27 heavy (non-hydrogen) atoms. The maximum atomic E-state index is 12.8. The zero-order valence-corrected chi connectivity index (χ0v) is 15.5. The van der Waals surface area contributed by atoms with Crippen LogP contribution in [-0.2, 0) is 11.3 Å². The summed E-state index contributed by atoms with van der Waals surface area (Å²) in [6.07, 6.45) is 0. The highest BCUT2D eigenvalue weighted by molar-refractivity contribution is 7.99. The summed E-state index contributed by atoms with van der Waals surface area (Å²) in [5.74, 6) is -2.17. The Morgan fingerprint density at radius 2 is 1.96 bits per heavy atom. The highest BCUT2D eigenvalue weighted by Gasteiger charge is 2.17. The zero-order valence-electron chi connectivity index (χ0n) is 14.7. The number of imidazole rings is 1. The molecule has 1 N–H and O–H groups in total. The minimum absolute atomic E-state index is 0.0832. The van der Waals surface area contributed by atoms with Crippen LogP contribution in [0.3, 0.4) is 0 Å². The van der Waals surface area contributed by atoms with Crippen molar-refractivity contribution in [2.24, 2.45) is 0 Å². The van der Waals surface area contributed by atoms with E-state index in [9.17, 15) is 13.6 Å². The lowest BCUT2D eigenvalue weighted by molar-refractivity contribution is -0.121. The van der Waals surface area contributed by atoms with Crippen molar-refractivity contribution in [3.63, 3.8) is 0 Å². The number of fused-ring (bicyclic) bond motifs is 1. The molecule has 8 heteroatoms. The van der Waals surface area contributed by atoms with Gasteiger partial charge in [-0.05, 0) is 43.0 Å². The second-order valence-electron chi connectivity index (χ2n) is 5.86. The maximum absolute atomic E-state index is 12.8. The van der Waals surface area contributed by atoms with Crippen molar-refractivity contribution in [1.82, 2.24) is 14.9 Å². The van der Waals surface area contributed by atoms with Crippen LogP contribution in [0, 0.1) is 6.92 Å². The first-order valence-electron chi connectivity index (χ1n) is 8.39. The van der Waals surface area contributed by atoms with Gasteiger partial charge in [0.1, 0.15) is 18.9 Å². The number of thioether (sulfide) groups is 1. The van der Waals surface area contributed by atoms with Crippen LogP contribution in [-0.4, -0.2) is 34.4 Å². The van der Waals surface area contributed by atoms with Crippen molar-refractivity contribution in [3.8, 4) is 5.75 Å². The number of halogens is 2. The molecule has 1 amide bonds. The van der Waals surface area contributed by atoms with Crippen molar-refractivity contribution in [3.05, 3.63) is 54.1 Å². The Kier molecular flexibility index (Phi) is 6.28. The number of hydrogen-bond donors (Lipinski definition) is 1. The molecular weight excluding hydrogens is 372 g/mol. The molecule has 5 nitrogen and oxygen atoms in total. The topological polar surface area (TPSA) is 56.1 Å². The number of hydrogen-bond acceptors (Lipinski definition) is 4. The van der Waals surface area contributed by atoms with Crippen LogP contribution < -0.4 is 10.1 Å². The lowest BCUT2D eigenvalue weighted by atomic mass is 10.2. The molecular formula is C19H19F2N3O2S. The van der Waals surface area contributed by atoms with Crippen LogP contribution in [0.5, 0.6) is 5.75 Å². The predicted octanol–water partition coefficient (Wildman–Crippen LogP) is 3.85. The SMILES string of the molecule is Cc1ccc(OCCNC(=O)Cn2c(SC(F)F)nc3ccccc32)cc1. The molecule has 0 aliphatic rings. The molecule has 1 aromatic heterocycles. The summed E-state index contributed by atoms with van der Waals surface area (Å²) in [7, 11) is 0. The van der Waals surface area contributed by atoms with Crippen LogP contribution in [0.2, 0.25) is 0 Å². The number of benzene rings is 2. The molecule has 3 rings (SSSR count). The fraction of sp³-hybridized carbons (Fsp3) is 0.263. The first-order chi connectivity index (χ1) is 13.0. The van der Waals surface area contributed by atoms with Gasteiger partial charge in [-0.1, -0.05) is 29.8 Å². The fourth-order valence-electron chi connectivity index (χ4n) is 2.57. The Labute approximate surface area is 159 Å². The van der Waals surface area contributed by atoms with Crippen molar-refractivity contribution >= 4 is 28.7 Å². The highest BCUT2D eigenvalue weighted by Crippen LogP contribution is 2.28. The molecule has 0 fully saturated rings. The summed E-state index contributed by atoms with van der Waals surface area (Å²) in [5.41, 5.74) is 2.36. The smallest absolute Gasteiger partial charge is 0.291 e. The molecule has 0 radical (unpaired) electrons. The summed E-state index contributed by atoms with van der Waals surface area (Å²) < 4.78 is 32.6. The summed E-state index contributed by atoms with van der Waals surface area (Å²) in [5, 5.41) is 2.86. The van der Waals surface area contributed by atoms with Gasteiger partial charge in [0.05, 0.1) is 17.6 Å². The summed E-state index contributed by atoms with van der Waals surface area (Å²) in [4.78, 5) is 16.4. The van der Waals surface area contributed by atoms with Crippen LogP contribution in [0.15, 0.2) is 53.7 Å². The Morgan fingerprint density at radius 1 is 1.22 bits per heavy atom. The first-order valence-corrected chi connectivity index (χ1v) is 9.27. The van der Waals surface area contributed by atoms with Crippen LogP contribution in [0.4, 0.5) is 8.78 Å². The monoisotopic (exact) mass is 391 g/mol. The van der Waals surface area contributed by atoms with Gasteiger partial charge in [0.15, 0.2) is 5.16 Å². The minimum atomic E-state index is -2.61. The van der Waals surface area contributed by atoms with E-state index in [1.165, 1.54) is 4.57 Å². The summed E-state index contributed by atoms with van der Waals surface area (Å²) in [6.45, 7) is 2.54. The third-order valence-electron chi connectivity index (χ3n) is 3.83. The second-order valence-corrected chi connectivity index (χ2v) is 6.82. The van der Waals surface area contributed by atoms with Gasteiger partial charge in [-0.25, -0.2) is 4.98 Å². The molecule has 0 spiro atoms. The molecule has 142 valence electrons. The molecule has 3 aromatic rings. The number of carbonyl (C=O) groups is 1. The van der Waals surface area contributed by atoms with Crippen LogP contribution in [0.1, 0.15) is 5.56 Å². The number of ether oxygens (including phenoxy) is 1. The highest BCUT2D eigenvalue weighted by atomic mass is 32.2. The van der Waals surface area contributed by atoms with Gasteiger partial charge in [-0.15, -0.1) is 0 Å². The van der Waals surface area contributed by atoms with E-state index in [1.807, 2.05) is 31.2 Å². The number of rotatable bonds is 8. The number of aryl methyl sites for hydroxylation is 1. The number of alkyl halides is 2. The first kappa shape index (κ1) is 19.2. The van der Waals surface area contributed by atoms with Crippen molar-refractivity contribution in [2.75, 3.05) is 13.2 Å². The Balaban J connectivity index is 1.57. The molecule has 0 atom stereocenters. The van der Waals surface area contributed by atoms with E-state index in [2.05, 4.69) is 10.3 Å². The zero-order chi connectivity index (χ0) is 19.2. The summed E-state index contributed by atoms with van der Waals surface area (Å²) >= 11 is 0.333. The normalized spacial score (nSPS) is 11.1. The van der Waals surface area contributed by atoms with Gasteiger partial charge in [-0.2, -0.15) is 8.78 Å². The van der Waals surface area contributed by atoms with E-state index in [4.69, 9.17) is 4.74 Å². The molecule has 0 saturated carbocycles. The molecule has 0 saturated heterocycles. The number of nitrogens with zero attached hydrogens (tertiary/aromatic N) is 2. The lowest BCUT2D eigenvalue weighted by Gasteiger charge is -2.10. The third-order valence-corrected chi connectivity index (χ3v) is 4.53. The van der Waals surface area contributed by atoms with Crippen molar-refractivity contribution < 1.29 is 18.3 Å². The van der Waals surface area contributed by atoms with Crippen LogP contribution >= 0.6 is 11.8 Å². The third kappa shape index (κ3) is 5.19. The van der Waals surface area contributed by atoms with E-state index in [-0.39, 0.29) is 17.6 Å². The average Bonchev–Trinajstić information content (AvgIpc) is 2.97. The van der Waals surface area contributed by atoms with E-state index in [0.29, 0.717) is 35.9 Å². The molecule has 0 bridgehead atoms. The van der Waals surface area contributed by atoms with E-state index in [1.54, 1.807) is 24.3 Å². The maximum Gasteiger partial charge on any atom is 0.291 e. The molecule has 2 aromatic carbocycles. The van der Waals surface area contributed by atoms with Gasteiger partial charge in [0.2, 0.25) is 5.91 Å². The molecule has 0 unspecified atom stereocenters. The Morgan fingerprint density at radius 3 is 2.70 bits per heavy atom.